The third-order valence-electron chi connectivity index (χ3n) is 3.42. The van der Waals surface area contributed by atoms with Gasteiger partial charge in [-0.25, -0.2) is 0 Å². The van der Waals surface area contributed by atoms with Crippen LogP contribution in [0.5, 0.6) is 0 Å². The number of rotatable bonds is 4. The van der Waals surface area contributed by atoms with Crippen LogP contribution in [0.25, 0.3) is 0 Å². The number of nitrogens with zero attached hydrogens (tertiary/aromatic N) is 1. The minimum atomic E-state index is 0.209. The average Bonchev–Trinajstić information content (AvgIpc) is 2.83. The zero-order chi connectivity index (χ0) is 13.0. The molecule has 1 aromatic rings. The molecule has 1 aliphatic carbocycles. The lowest BCUT2D eigenvalue weighted by atomic mass is 9.94. The Kier molecular flexibility index (Phi) is 5.95. The van der Waals surface area contributed by atoms with Gasteiger partial charge in [-0.3, -0.25) is 4.79 Å². The molecule has 0 unspecified atom stereocenters. The van der Waals surface area contributed by atoms with Crippen LogP contribution < -0.4 is 0 Å². The van der Waals surface area contributed by atoms with Crippen molar-refractivity contribution in [3.8, 4) is 0 Å². The standard InChI is InChI=1S/C13H17BrINOS/c14-6-7-16(11-4-2-1-3-5-11)13(17)10-8-12(15)18-9-10/h8-9,11H,1-7H2. The van der Waals surface area contributed by atoms with E-state index in [4.69, 9.17) is 0 Å². The van der Waals surface area contributed by atoms with E-state index in [1.807, 2.05) is 11.4 Å². The summed E-state index contributed by atoms with van der Waals surface area (Å²) in [4.78, 5) is 14.6. The van der Waals surface area contributed by atoms with Crippen LogP contribution in [-0.4, -0.2) is 28.7 Å². The third-order valence-corrected chi connectivity index (χ3v) is 5.56. The van der Waals surface area contributed by atoms with Crippen molar-refractivity contribution in [3.63, 3.8) is 0 Å². The summed E-state index contributed by atoms with van der Waals surface area (Å²) in [5.41, 5.74) is 0.857. The van der Waals surface area contributed by atoms with E-state index in [0.29, 0.717) is 6.04 Å². The molecule has 1 aliphatic rings. The van der Waals surface area contributed by atoms with Crippen LogP contribution >= 0.6 is 49.9 Å². The van der Waals surface area contributed by atoms with Crippen LogP contribution in [0.3, 0.4) is 0 Å². The van der Waals surface area contributed by atoms with Crippen LogP contribution in [0.15, 0.2) is 11.4 Å². The number of carbonyl (C=O) groups is 1. The van der Waals surface area contributed by atoms with Gasteiger partial charge in [-0.1, -0.05) is 35.2 Å². The van der Waals surface area contributed by atoms with Crippen molar-refractivity contribution in [1.82, 2.24) is 4.90 Å². The summed E-state index contributed by atoms with van der Waals surface area (Å²) in [6.45, 7) is 0.815. The van der Waals surface area contributed by atoms with Gasteiger partial charge in [0.15, 0.2) is 0 Å². The molecule has 0 N–H and O–H groups in total. The fourth-order valence-corrected chi connectivity index (χ4v) is 4.22. The smallest absolute Gasteiger partial charge is 0.255 e. The molecule has 1 heterocycles. The summed E-state index contributed by atoms with van der Waals surface area (Å²) in [6, 6.07) is 2.44. The Balaban J connectivity index is 2.10. The fraction of sp³-hybridized carbons (Fsp3) is 0.615. The van der Waals surface area contributed by atoms with Crippen LogP contribution in [0.4, 0.5) is 0 Å². The van der Waals surface area contributed by atoms with Crippen molar-refractivity contribution in [1.29, 1.82) is 0 Å². The molecule has 0 atom stereocenters. The molecule has 1 aromatic heterocycles. The highest BCUT2D eigenvalue weighted by atomic mass is 127. The van der Waals surface area contributed by atoms with E-state index in [-0.39, 0.29) is 5.91 Å². The van der Waals surface area contributed by atoms with E-state index in [2.05, 4.69) is 43.4 Å². The highest BCUT2D eigenvalue weighted by Crippen LogP contribution is 2.25. The van der Waals surface area contributed by atoms with Crippen molar-refractivity contribution in [2.45, 2.75) is 38.1 Å². The normalized spacial score (nSPS) is 16.8. The van der Waals surface area contributed by atoms with Gasteiger partial charge < -0.3 is 4.90 Å². The number of amides is 1. The molecule has 1 fully saturated rings. The SMILES string of the molecule is O=C(c1csc(I)c1)N(CCBr)C1CCCCC1. The number of thiophene rings is 1. The third kappa shape index (κ3) is 3.70. The van der Waals surface area contributed by atoms with Gasteiger partial charge in [0.05, 0.1) is 8.45 Å². The van der Waals surface area contributed by atoms with Gasteiger partial charge in [0.1, 0.15) is 0 Å². The summed E-state index contributed by atoms with van der Waals surface area (Å²) in [5, 5.41) is 2.84. The molecule has 2 nitrogen and oxygen atoms in total. The Morgan fingerprint density at radius 2 is 2.17 bits per heavy atom. The first kappa shape index (κ1) is 14.8. The molecule has 1 amide bonds. The van der Waals surface area contributed by atoms with Crippen molar-refractivity contribution < 1.29 is 4.79 Å². The molecule has 2 rings (SSSR count). The van der Waals surface area contributed by atoms with Gasteiger partial charge in [-0.05, 0) is 41.5 Å². The minimum absolute atomic E-state index is 0.209. The number of hydrogen-bond donors (Lipinski definition) is 0. The van der Waals surface area contributed by atoms with Crippen LogP contribution in [0, 0.1) is 2.88 Å². The van der Waals surface area contributed by atoms with Crippen molar-refractivity contribution >= 4 is 55.8 Å². The van der Waals surface area contributed by atoms with Gasteiger partial charge in [-0.15, -0.1) is 11.3 Å². The van der Waals surface area contributed by atoms with E-state index in [1.165, 1.54) is 35.0 Å². The van der Waals surface area contributed by atoms with Gasteiger partial charge in [0.25, 0.3) is 5.91 Å². The predicted octanol–water partition coefficient (Wildman–Crippen LogP) is 4.52. The highest BCUT2D eigenvalue weighted by Gasteiger charge is 2.26. The molecular weight excluding hydrogens is 425 g/mol. The first-order valence-electron chi connectivity index (χ1n) is 6.33. The Morgan fingerprint density at radius 1 is 1.44 bits per heavy atom. The van der Waals surface area contributed by atoms with Crippen LogP contribution in [-0.2, 0) is 0 Å². The zero-order valence-electron chi connectivity index (χ0n) is 10.2. The maximum absolute atomic E-state index is 12.6. The Bertz CT molecular complexity index is 403. The molecule has 100 valence electrons. The lowest BCUT2D eigenvalue weighted by molar-refractivity contribution is 0.0651. The summed E-state index contributed by atoms with van der Waals surface area (Å²) >= 11 is 7.38. The minimum Gasteiger partial charge on any atom is -0.335 e. The van der Waals surface area contributed by atoms with E-state index < -0.39 is 0 Å². The van der Waals surface area contributed by atoms with Crippen LogP contribution in [0.2, 0.25) is 0 Å². The molecule has 0 bridgehead atoms. The van der Waals surface area contributed by atoms with E-state index in [1.54, 1.807) is 11.3 Å². The van der Waals surface area contributed by atoms with Crippen molar-refractivity contribution in [2.75, 3.05) is 11.9 Å². The molecule has 1 saturated carbocycles. The lowest BCUT2D eigenvalue weighted by Gasteiger charge is -2.34. The van der Waals surface area contributed by atoms with E-state index >= 15 is 0 Å². The summed E-state index contributed by atoms with van der Waals surface area (Å²) in [5.74, 6) is 0.209. The molecule has 0 spiro atoms. The Labute approximate surface area is 134 Å². The molecular formula is C13H17BrINOS. The second-order valence-electron chi connectivity index (χ2n) is 4.62. The molecule has 0 aromatic carbocycles. The predicted molar refractivity (Wildman–Crippen MR) is 88.7 cm³/mol. The lowest BCUT2D eigenvalue weighted by Crippen LogP contribution is -2.42. The fourth-order valence-electron chi connectivity index (χ4n) is 2.52. The number of halogens is 2. The summed E-state index contributed by atoms with van der Waals surface area (Å²) < 4.78 is 1.18. The van der Waals surface area contributed by atoms with E-state index in [9.17, 15) is 4.79 Å². The van der Waals surface area contributed by atoms with Crippen LogP contribution in [0.1, 0.15) is 42.5 Å². The number of carbonyl (C=O) groups excluding carboxylic acids is 1. The molecule has 18 heavy (non-hydrogen) atoms. The van der Waals surface area contributed by atoms with Crippen molar-refractivity contribution in [3.05, 3.63) is 19.9 Å². The maximum Gasteiger partial charge on any atom is 0.255 e. The largest absolute Gasteiger partial charge is 0.335 e. The van der Waals surface area contributed by atoms with Gasteiger partial charge in [0.2, 0.25) is 0 Å². The summed E-state index contributed by atoms with van der Waals surface area (Å²) in [7, 11) is 0. The topological polar surface area (TPSA) is 20.3 Å². The van der Waals surface area contributed by atoms with Gasteiger partial charge >= 0.3 is 0 Å². The summed E-state index contributed by atoms with van der Waals surface area (Å²) in [6.07, 6.45) is 6.18. The average molecular weight is 442 g/mol. The molecule has 0 aliphatic heterocycles. The number of hydrogen-bond acceptors (Lipinski definition) is 2. The molecule has 5 heteroatoms. The monoisotopic (exact) mass is 441 g/mol. The quantitative estimate of drug-likeness (QED) is 0.496. The van der Waals surface area contributed by atoms with E-state index in [0.717, 1.165) is 17.4 Å². The Hall–Kier alpha value is 0.380. The van der Waals surface area contributed by atoms with Gasteiger partial charge in [-0.2, -0.15) is 0 Å². The zero-order valence-corrected chi connectivity index (χ0v) is 14.8. The second kappa shape index (κ2) is 7.24. The second-order valence-corrected chi connectivity index (χ2v) is 8.22. The number of alkyl halides is 1. The highest BCUT2D eigenvalue weighted by molar-refractivity contribution is 14.1. The first-order valence-corrected chi connectivity index (χ1v) is 9.41. The first-order chi connectivity index (χ1) is 8.72. The molecule has 0 saturated heterocycles. The van der Waals surface area contributed by atoms with Gasteiger partial charge in [0, 0.05) is 23.3 Å². The van der Waals surface area contributed by atoms with Crippen molar-refractivity contribution in [2.24, 2.45) is 0 Å². The maximum atomic E-state index is 12.6. The molecule has 0 radical (unpaired) electrons. The Morgan fingerprint density at radius 3 is 2.72 bits per heavy atom.